The van der Waals surface area contributed by atoms with Crippen LogP contribution in [-0.2, 0) is 0 Å². The van der Waals surface area contributed by atoms with E-state index in [4.69, 9.17) is 0 Å². The number of hydrogen-bond acceptors (Lipinski definition) is 5. The van der Waals surface area contributed by atoms with Crippen LogP contribution in [0.15, 0.2) is 18.7 Å². The third-order valence-electron chi connectivity index (χ3n) is 2.90. The molecule has 0 aliphatic rings. The van der Waals surface area contributed by atoms with E-state index in [2.05, 4.69) is 53.3 Å². The molecule has 104 valence electrons. The molecular formula is C13H22N6. The second kappa shape index (κ2) is 5.97. The maximum Gasteiger partial charge on any atom is 0.203 e. The molecule has 0 bridgehead atoms. The van der Waals surface area contributed by atoms with E-state index in [-0.39, 0.29) is 0 Å². The third kappa shape index (κ3) is 3.64. The zero-order chi connectivity index (χ0) is 13.8. The molecule has 0 saturated carbocycles. The van der Waals surface area contributed by atoms with E-state index in [9.17, 15) is 0 Å². The molecule has 0 aliphatic heterocycles. The summed E-state index contributed by atoms with van der Waals surface area (Å²) in [4.78, 5) is 6.57. The first-order chi connectivity index (χ1) is 9.06. The van der Waals surface area contributed by atoms with Crippen LogP contribution in [0, 0.1) is 5.92 Å². The Morgan fingerprint density at radius 2 is 2.16 bits per heavy atom. The highest BCUT2D eigenvalue weighted by atomic mass is 15.3. The van der Waals surface area contributed by atoms with Crippen LogP contribution in [0.4, 0.5) is 5.82 Å². The van der Waals surface area contributed by atoms with Crippen molar-refractivity contribution in [2.24, 2.45) is 5.92 Å². The first kappa shape index (κ1) is 13.7. The highest BCUT2D eigenvalue weighted by Crippen LogP contribution is 2.15. The van der Waals surface area contributed by atoms with Crippen molar-refractivity contribution in [1.82, 2.24) is 24.5 Å². The van der Waals surface area contributed by atoms with Gasteiger partial charge < -0.3 is 10.2 Å². The average molecular weight is 262 g/mol. The van der Waals surface area contributed by atoms with Crippen LogP contribution in [-0.4, -0.2) is 51.2 Å². The van der Waals surface area contributed by atoms with Crippen molar-refractivity contribution >= 4 is 11.5 Å². The molecule has 6 heteroatoms. The van der Waals surface area contributed by atoms with Gasteiger partial charge in [-0.3, -0.25) is 4.40 Å². The van der Waals surface area contributed by atoms with Gasteiger partial charge in [0.1, 0.15) is 6.33 Å². The van der Waals surface area contributed by atoms with Crippen LogP contribution in [0.5, 0.6) is 0 Å². The van der Waals surface area contributed by atoms with E-state index >= 15 is 0 Å². The van der Waals surface area contributed by atoms with E-state index in [0.29, 0.717) is 12.0 Å². The molecule has 1 atom stereocenters. The molecule has 2 aromatic heterocycles. The Kier molecular flexibility index (Phi) is 4.31. The first-order valence-corrected chi connectivity index (χ1v) is 6.62. The minimum absolute atomic E-state index is 0.352. The van der Waals surface area contributed by atoms with E-state index in [0.717, 1.165) is 24.4 Å². The molecule has 2 aromatic rings. The summed E-state index contributed by atoms with van der Waals surface area (Å²) in [7, 11) is 4.17. The van der Waals surface area contributed by atoms with Crippen LogP contribution < -0.4 is 5.32 Å². The SMILES string of the molecule is CC(C)CC(CN(C)C)Nc1nccn2cnnc12. The molecule has 0 amide bonds. The summed E-state index contributed by atoms with van der Waals surface area (Å²) in [6.45, 7) is 5.43. The van der Waals surface area contributed by atoms with Gasteiger partial charge in [0.25, 0.3) is 0 Å². The first-order valence-electron chi connectivity index (χ1n) is 6.62. The maximum absolute atomic E-state index is 4.38. The van der Waals surface area contributed by atoms with Gasteiger partial charge in [0, 0.05) is 25.0 Å². The zero-order valence-electron chi connectivity index (χ0n) is 12.0. The molecule has 1 unspecified atom stereocenters. The molecule has 2 rings (SSSR count). The summed E-state index contributed by atoms with van der Waals surface area (Å²) in [5.74, 6) is 1.43. The number of anilines is 1. The average Bonchev–Trinajstić information content (AvgIpc) is 2.76. The van der Waals surface area contributed by atoms with Crippen LogP contribution in [0.2, 0.25) is 0 Å². The minimum atomic E-state index is 0.352. The van der Waals surface area contributed by atoms with Crippen molar-refractivity contribution < 1.29 is 0 Å². The Bertz CT molecular complexity index is 509. The van der Waals surface area contributed by atoms with Crippen LogP contribution in [0.3, 0.4) is 0 Å². The predicted molar refractivity (Wildman–Crippen MR) is 76.2 cm³/mol. The molecule has 0 spiro atoms. The van der Waals surface area contributed by atoms with E-state index in [1.54, 1.807) is 12.5 Å². The van der Waals surface area contributed by atoms with E-state index in [1.165, 1.54) is 0 Å². The molecule has 0 aromatic carbocycles. The smallest absolute Gasteiger partial charge is 0.203 e. The van der Waals surface area contributed by atoms with Gasteiger partial charge in [0.2, 0.25) is 5.65 Å². The molecule has 2 heterocycles. The van der Waals surface area contributed by atoms with Crippen molar-refractivity contribution in [3.8, 4) is 0 Å². The fourth-order valence-corrected chi connectivity index (χ4v) is 2.24. The largest absolute Gasteiger partial charge is 0.363 e. The van der Waals surface area contributed by atoms with E-state index < -0.39 is 0 Å². The summed E-state index contributed by atoms with van der Waals surface area (Å²) in [5.41, 5.74) is 0.773. The minimum Gasteiger partial charge on any atom is -0.363 e. The Labute approximate surface area is 113 Å². The second-order valence-electron chi connectivity index (χ2n) is 5.57. The molecule has 0 aliphatic carbocycles. The lowest BCUT2D eigenvalue weighted by molar-refractivity contribution is 0.356. The second-order valence-corrected chi connectivity index (χ2v) is 5.57. The quantitative estimate of drug-likeness (QED) is 0.855. The van der Waals surface area contributed by atoms with Gasteiger partial charge in [-0.2, -0.15) is 0 Å². The molecule has 6 nitrogen and oxygen atoms in total. The number of rotatable bonds is 6. The van der Waals surface area contributed by atoms with Gasteiger partial charge in [-0.1, -0.05) is 13.8 Å². The Morgan fingerprint density at radius 1 is 1.37 bits per heavy atom. The Hall–Kier alpha value is -1.69. The molecule has 1 N–H and O–H groups in total. The van der Waals surface area contributed by atoms with Crippen LogP contribution in [0.1, 0.15) is 20.3 Å². The normalized spacial score (nSPS) is 13.4. The molecule has 19 heavy (non-hydrogen) atoms. The lowest BCUT2D eigenvalue weighted by Crippen LogP contribution is -2.34. The molecule has 0 saturated heterocycles. The summed E-state index contributed by atoms with van der Waals surface area (Å²) >= 11 is 0. The molecule has 0 fully saturated rings. The number of aromatic nitrogens is 4. The predicted octanol–water partition coefficient (Wildman–Crippen LogP) is 1.51. The molecular weight excluding hydrogens is 240 g/mol. The van der Waals surface area contributed by atoms with Gasteiger partial charge in [0.15, 0.2) is 5.82 Å². The summed E-state index contributed by atoms with van der Waals surface area (Å²) < 4.78 is 1.87. The summed E-state index contributed by atoms with van der Waals surface area (Å²) in [5, 5.41) is 11.5. The third-order valence-corrected chi connectivity index (χ3v) is 2.90. The fraction of sp³-hybridized carbons (Fsp3) is 0.615. The van der Waals surface area contributed by atoms with Gasteiger partial charge in [-0.25, -0.2) is 4.98 Å². The highest BCUT2D eigenvalue weighted by molar-refractivity contribution is 5.61. The molecule has 0 radical (unpaired) electrons. The Balaban J connectivity index is 2.17. The summed E-state index contributed by atoms with van der Waals surface area (Å²) in [6.07, 6.45) is 6.39. The van der Waals surface area contributed by atoms with Crippen LogP contribution in [0.25, 0.3) is 5.65 Å². The Morgan fingerprint density at radius 3 is 2.84 bits per heavy atom. The van der Waals surface area contributed by atoms with Gasteiger partial charge in [-0.05, 0) is 26.4 Å². The topological polar surface area (TPSA) is 58.4 Å². The van der Waals surface area contributed by atoms with Crippen LogP contribution >= 0.6 is 0 Å². The number of hydrogen-bond donors (Lipinski definition) is 1. The van der Waals surface area contributed by atoms with Crippen molar-refractivity contribution in [2.75, 3.05) is 26.0 Å². The van der Waals surface area contributed by atoms with Gasteiger partial charge in [-0.15, -0.1) is 10.2 Å². The lowest BCUT2D eigenvalue weighted by Gasteiger charge is -2.24. The number of nitrogens with zero attached hydrogens (tertiary/aromatic N) is 5. The van der Waals surface area contributed by atoms with Crippen molar-refractivity contribution in [3.63, 3.8) is 0 Å². The van der Waals surface area contributed by atoms with E-state index in [1.807, 2.05) is 10.6 Å². The maximum atomic E-state index is 4.38. The number of nitrogens with one attached hydrogen (secondary N) is 1. The standard InChI is InChI=1S/C13H22N6/c1-10(2)7-11(8-18(3)4)16-12-13-17-15-9-19(13)6-5-14-12/h5-6,9-11H,7-8H2,1-4H3,(H,14,16). The van der Waals surface area contributed by atoms with Crippen molar-refractivity contribution in [3.05, 3.63) is 18.7 Å². The van der Waals surface area contributed by atoms with Gasteiger partial charge in [0.05, 0.1) is 0 Å². The highest BCUT2D eigenvalue weighted by Gasteiger charge is 2.14. The summed E-state index contributed by atoms with van der Waals surface area (Å²) in [6, 6.07) is 0.352. The van der Waals surface area contributed by atoms with Crippen molar-refractivity contribution in [2.45, 2.75) is 26.3 Å². The fourth-order valence-electron chi connectivity index (χ4n) is 2.24. The van der Waals surface area contributed by atoms with Crippen molar-refractivity contribution in [1.29, 1.82) is 0 Å². The van der Waals surface area contributed by atoms with Gasteiger partial charge >= 0.3 is 0 Å². The number of likely N-dealkylation sites (N-methyl/N-ethyl adjacent to an activating group) is 1. The zero-order valence-corrected chi connectivity index (χ0v) is 12.0. The number of fused-ring (bicyclic) bond motifs is 1. The monoisotopic (exact) mass is 262 g/mol. The lowest BCUT2D eigenvalue weighted by atomic mass is 10.0.